The van der Waals surface area contributed by atoms with Crippen molar-refractivity contribution in [1.29, 1.82) is 0 Å². The van der Waals surface area contributed by atoms with Gasteiger partial charge in [0, 0.05) is 49.0 Å². The van der Waals surface area contributed by atoms with Gasteiger partial charge in [0.1, 0.15) is 0 Å². The Labute approximate surface area is 119 Å². The van der Waals surface area contributed by atoms with Gasteiger partial charge >= 0.3 is 0 Å². The van der Waals surface area contributed by atoms with Crippen LogP contribution in [0.5, 0.6) is 0 Å². The molecular formula is C12H21N3O2S2. The number of rotatable bonds is 4. The molecule has 0 saturated carbocycles. The van der Waals surface area contributed by atoms with E-state index in [4.69, 9.17) is 5.73 Å². The Hall–Kier alpha value is -0.470. The van der Waals surface area contributed by atoms with Crippen LogP contribution in [0.2, 0.25) is 0 Å². The van der Waals surface area contributed by atoms with E-state index >= 15 is 0 Å². The fourth-order valence-corrected chi connectivity index (χ4v) is 4.78. The van der Waals surface area contributed by atoms with Crippen molar-refractivity contribution in [1.82, 2.24) is 9.21 Å². The van der Waals surface area contributed by atoms with E-state index in [0.29, 0.717) is 30.6 Å². The summed E-state index contributed by atoms with van der Waals surface area (Å²) in [5.41, 5.74) is 5.53. The Kier molecular flexibility index (Phi) is 4.62. The lowest BCUT2D eigenvalue weighted by Crippen LogP contribution is -2.50. The van der Waals surface area contributed by atoms with Gasteiger partial charge < -0.3 is 5.73 Å². The largest absolute Gasteiger partial charge is 0.326 e. The maximum atomic E-state index is 12.5. The number of nitrogens with two attached hydrogens (primary N) is 1. The maximum absolute atomic E-state index is 12.5. The number of piperazine rings is 1. The van der Waals surface area contributed by atoms with Crippen LogP contribution in [-0.4, -0.2) is 49.8 Å². The molecule has 0 amide bonds. The molecule has 1 aliphatic rings. The highest BCUT2D eigenvalue weighted by molar-refractivity contribution is 7.89. The van der Waals surface area contributed by atoms with Crippen LogP contribution >= 0.6 is 11.3 Å². The standard InChI is InChI=1S/C12H21N3O2S2/c1-10(2)14-3-5-15(6-4-14)19(16,17)12-7-11(8-13)18-9-12/h7,9-10H,3-6,8,13H2,1-2H3. The summed E-state index contributed by atoms with van der Waals surface area (Å²) in [5.74, 6) is 0. The zero-order valence-electron chi connectivity index (χ0n) is 11.4. The number of sulfonamides is 1. The molecule has 1 aliphatic heterocycles. The van der Waals surface area contributed by atoms with Gasteiger partial charge in [-0.3, -0.25) is 4.90 Å². The molecule has 2 heterocycles. The minimum Gasteiger partial charge on any atom is -0.326 e. The number of hydrogen-bond donors (Lipinski definition) is 1. The lowest BCUT2D eigenvalue weighted by molar-refractivity contribution is 0.154. The molecule has 2 rings (SSSR count). The summed E-state index contributed by atoms with van der Waals surface area (Å²) in [7, 11) is -3.34. The van der Waals surface area contributed by atoms with Gasteiger partial charge in [-0.2, -0.15) is 4.31 Å². The van der Waals surface area contributed by atoms with Crippen LogP contribution in [0.3, 0.4) is 0 Å². The first-order chi connectivity index (χ1) is 8.95. The topological polar surface area (TPSA) is 66.6 Å². The summed E-state index contributed by atoms with van der Waals surface area (Å²) in [6.07, 6.45) is 0. The predicted octanol–water partition coefficient (Wildman–Crippen LogP) is 0.922. The number of nitrogens with zero attached hydrogens (tertiary/aromatic N) is 2. The highest BCUT2D eigenvalue weighted by Crippen LogP contribution is 2.23. The molecule has 1 saturated heterocycles. The van der Waals surface area contributed by atoms with E-state index in [1.807, 2.05) is 0 Å². The van der Waals surface area contributed by atoms with Crippen molar-refractivity contribution >= 4 is 21.4 Å². The van der Waals surface area contributed by atoms with Gasteiger partial charge in [-0.1, -0.05) is 0 Å². The molecule has 2 N–H and O–H groups in total. The Morgan fingerprint density at radius 3 is 2.42 bits per heavy atom. The van der Waals surface area contributed by atoms with E-state index in [2.05, 4.69) is 18.7 Å². The lowest BCUT2D eigenvalue weighted by Gasteiger charge is -2.36. The van der Waals surface area contributed by atoms with Crippen LogP contribution in [0.1, 0.15) is 18.7 Å². The van der Waals surface area contributed by atoms with Crippen LogP contribution in [0.4, 0.5) is 0 Å². The molecule has 5 nitrogen and oxygen atoms in total. The summed E-state index contributed by atoms with van der Waals surface area (Å²) in [6, 6.07) is 2.16. The molecule has 7 heteroatoms. The van der Waals surface area contributed by atoms with E-state index in [1.165, 1.54) is 11.3 Å². The van der Waals surface area contributed by atoms with Crippen molar-refractivity contribution in [2.75, 3.05) is 26.2 Å². The summed E-state index contributed by atoms with van der Waals surface area (Å²) in [5, 5.41) is 1.69. The second-order valence-electron chi connectivity index (χ2n) is 4.99. The Balaban J connectivity index is 2.09. The molecular weight excluding hydrogens is 282 g/mol. The third-order valence-electron chi connectivity index (χ3n) is 3.47. The van der Waals surface area contributed by atoms with Crippen LogP contribution in [0.25, 0.3) is 0 Å². The number of thiophene rings is 1. The quantitative estimate of drug-likeness (QED) is 0.898. The van der Waals surface area contributed by atoms with E-state index in [-0.39, 0.29) is 0 Å². The average Bonchev–Trinajstić information content (AvgIpc) is 2.88. The molecule has 1 aromatic heterocycles. The molecule has 108 valence electrons. The normalized spacial score (nSPS) is 19.2. The Bertz CT molecular complexity index is 517. The molecule has 0 radical (unpaired) electrons. The monoisotopic (exact) mass is 303 g/mol. The molecule has 0 unspecified atom stereocenters. The SMILES string of the molecule is CC(C)N1CCN(S(=O)(=O)c2csc(CN)c2)CC1. The summed E-state index contributed by atoms with van der Waals surface area (Å²) in [6.45, 7) is 7.38. The molecule has 0 spiro atoms. The molecule has 0 aliphatic carbocycles. The molecule has 1 fully saturated rings. The fourth-order valence-electron chi connectivity index (χ4n) is 2.21. The summed E-state index contributed by atoms with van der Waals surface area (Å²) in [4.78, 5) is 3.58. The predicted molar refractivity (Wildman–Crippen MR) is 77.7 cm³/mol. The third-order valence-corrected chi connectivity index (χ3v) is 6.46. The van der Waals surface area contributed by atoms with E-state index < -0.39 is 10.0 Å². The van der Waals surface area contributed by atoms with Crippen LogP contribution in [0, 0.1) is 0 Å². The van der Waals surface area contributed by atoms with Crippen molar-refractivity contribution in [2.45, 2.75) is 31.3 Å². The minimum atomic E-state index is -3.34. The van der Waals surface area contributed by atoms with E-state index in [0.717, 1.165) is 18.0 Å². The smallest absolute Gasteiger partial charge is 0.243 e. The van der Waals surface area contributed by atoms with Gasteiger partial charge in [0.2, 0.25) is 10.0 Å². The lowest BCUT2D eigenvalue weighted by atomic mass is 10.3. The molecule has 19 heavy (non-hydrogen) atoms. The van der Waals surface area contributed by atoms with Crippen LogP contribution < -0.4 is 5.73 Å². The second-order valence-corrected chi connectivity index (χ2v) is 7.92. The third kappa shape index (κ3) is 3.17. The molecule has 0 bridgehead atoms. The Morgan fingerprint density at radius 2 is 1.95 bits per heavy atom. The highest BCUT2D eigenvalue weighted by Gasteiger charge is 2.29. The minimum absolute atomic E-state index is 0.385. The molecule has 0 aromatic carbocycles. The Morgan fingerprint density at radius 1 is 1.32 bits per heavy atom. The van der Waals surface area contributed by atoms with Crippen molar-refractivity contribution in [2.24, 2.45) is 5.73 Å². The van der Waals surface area contributed by atoms with Gasteiger partial charge in [-0.15, -0.1) is 11.3 Å². The van der Waals surface area contributed by atoms with Gasteiger partial charge in [-0.25, -0.2) is 8.42 Å². The van der Waals surface area contributed by atoms with Crippen LogP contribution in [0.15, 0.2) is 16.3 Å². The van der Waals surface area contributed by atoms with Crippen molar-refractivity contribution in [3.63, 3.8) is 0 Å². The van der Waals surface area contributed by atoms with Gasteiger partial charge in [0.15, 0.2) is 0 Å². The molecule has 1 aromatic rings. The highest BCUT2D eigenvalue weighted by atomic mass is 32.2. The summed E-state index contributed by atoms with van der Waals surface area (Å²) < 4.78 is 26.5. The van der Waals surface area contributed by atoms with Gasteiger partial charge in [-0.05, 0) is 19.9 Å². The van der Waals surface area contributed by atoms with Gasteiger partial charge in [0.25, 0.3) is 0 Å². The average molecular weight is 303 g/mol. The van der Waals surface area contributed by atoms with Crippen LogP contribution in [-0.2, 0) is 16.6 Å². The van der Waals surface area contributed by atoms with Crippen molar-refractivity contribution in [3.8, 4) is 0 Å². The zero-order chi connectivity index (χ0) is 14.0. The first kappa shape index (κ1) is 14.9. The zero-order valence-corrected chi connectivity index (χ0v) is 13.0. The maximum Gasteiger partial charge on any atom is 0.243 e. The van der Waals surface area contributed by atoms with Crippen molar-refractivity contribution < 1.29 is 8.42 Å². The first-order valence-corrected chi connectivity index (χ1v) is 8.79. The summed E-state index contributed by atoms with van der Waals surface area (Å²) >= 11 is 1.40. The number of hydrogen-bond acceptors (Lipinski definition) is 5. The molecule has 0 atom stereocenters. The van der Waals surface area contributed by atoms with Gasteiger partial charge in [0.05, 0.1) is 4.90 Å². The second kappa shape index (κ2) is 5.88. The van der Waals surface area contributed by atoms with Crippen molar-refractivity contribution in [3.05, 3.63) is 16.3 Å². The van der Waals surface area contributed by atoms with E-state index in [1.54, 1.807) is 15.8 Å². The van der Waals surface area contributed by atoms with E-state index in [9.17, 15) is 8.42 Å². The fraction of sp³-hybridized carbons (Fsp3) is 0.667. The first-order valence-electron chi connectivity index (χ1n) is 6.47.